The van der Waals surface area contributed by atoms with E-state index in [1.165, 1.54) is 6.07 Å². The lowest BCUT2D eigenvalue weighted by Crippen LogP contribution is -2.04. The zero-order valence-corrected chi connectivity index (χ0v) is 18.9. The molecule has 0 saturated heterocycles. The molecule has 1 aromatic heterocycles. The molecule has 0 fully saturated rings. The summed E-state index contributed by atoms with van der Waals surface area (Å²) in [5.74, 6) is -0.453. The number of nitrogens with zero attached hydrogens (tertiary/aromatic N) is 3. The number of rotatable bonds is 4. The monoisotopic (exact) mass is 496 g/mol. The van der Waals surface area contributed by atoms with Gasteiger partial charge in [0, 0.05) is 21.1 Å². The number of halogens is 2. The summed E-state index contributed by atoms with van der Waals surface area (Å²) in [6.45, 7) is 2.13. The maximum Gasteiger partial charge on any atom is 0.221 e. The third-order valence-corrected chi connectivity index (χ3v) is 5.45. The Morgan fingerprint density at radius 1 is 1.13 bits per heavy atom. The second kappa shape index (κ2) is 8.95. The van der Waals surface area contributed by atoms with Gasteiger partial charge in [-0.1, -0.05) is 46.3 Å². The molecule has 2 N–H and O–H groups in total. The van der Waals surface area contributed by atoms with Gasteiger partial charge in [-0.3, -0.25) is 0 Å². The van der Waals surface area contributed by atoms with Crippen LogP contribution in [-0.2, 0) is 6.54 Å². The van der Waals surface area contributed by atoms with Crippen molar-refractivity contribution in [2.24, 2.45) is 10.2 Å². The number of aryl methyl sites for hydroxylation is 1. The molecule has 1 heterocycles. The van der Waals surface area contributed by atoms with Crippen LogP contribution in [0.4, 0.5) is 15.8 Å². The molecule has 0 amide bonds. The highest BCUT2D eigenvalue weighted by Crippen LogP contribution is 2.40. The second-order valence-corrected chi connectivity index (χ2v) is 8.31. The van der Waals surface area contributed by atoms with Crippen LogP contribution < -0.4 is 5.32 Å². The number of azo groups is 1. The van der Waals surface area contributed by atoms with Crippen molar-refractivity contribution in [3.8, 4) is 5.88 Å². The molecule has 0 aliphatic heterocycles. The minimum absolute atomic E-state index is 0.113. The number of fused-ring (bicyclic) bond motifs is 1. The third kappa shape index (κ3) is 4.65. The smallest absolute Gasteiger partial charge is 0.221 e. The zero-order valence-electron chi connectivity index (χ0n) is 16.5. The fourth-order valence-corrected chi connectivity index (χ4v) is 3.84. The number of aromatic hydroxyl groups is 1. The maximum absolute atomic E-state index is 14.2. The van der Waals surface area contributed by atoms with E-state index >= 15 is 0 Å². The molecular weight excluding hydrogens is 479 g/mol. The third-order valence-electron chi connectivity index (χ3n) is 4.77. The van der Waals surface area contributed by atoms with Gasteiger partial charge in [-0.2, -0.15) is 0 Å². The molecule has 0 radical (unpaired) electrons. The van der Waals surface area contributed by atoms with Crippen LogP contribution in [0.15, 0.2) is 81.4 Å². The summed E-state index contributed by atoms with van der Waals surface area (Å²) in [5.41, 5.74) is 3.32. The highest BCUT2D eigenvalue weighted by molar-refractivity contribution is 9.10. The maximum atomic E-state index is 14.2. The van der Waals surface area contributed by atoms with Gasteiger partial charge in [0.05, 0.1) is 12.1 Å². The summed E-state index contributed by atoms with van der Waals surface area (Å²) in [6.07, 6.45) is 0. The first kappa shape index (κ1) is 21.1. The largest absolute Gasteiger partial charge is 0.493 e. The van der Waals surface area contributed by atoms with Crippen LogP contribution in [0.25, 0.3) is 10.9 Å². The highest BCUT2D eigenvalue weighted by Gasteiger charge is 2.18. The number of hydrogen-bond donors (Lipinski definition) is 2. The normalized spacial score (nSPS) is 11.3. The van der Waals surface area contributed by atoms with Crippen LogP contribution in [0.2, 0.25) is 0 Å². The van der Waals surface area contributed by atoms with E-state index < -0.39 is 0 Å². The van der Waals surface area contributed by atoms with Gasteiger partial charge in [-0.25, -0.2) is 4.39 Å². The molecule has 0 spiro atoms. The summed E-state index contributed by atoms with van der Waals surface area (Å²) in [7, 11) is 0. The summed E-state index contributed by atoms with van der Waals surface area (Å²) in [6, 6.07) is 19.7. The van der Waals surface area contributed by atoms with E-state index in [0.717, 1.165) is 15.7 Å². The minimum atomic E-state index is -0.340. The van der Waals surface area contributed by atoms with Gasteiger partial charge in [0.1, 0.15) is 5.82 Å². The lowest BCUT2D eigenvalue weighted by Gasteiger charge is -2.08. The molecule has 0 atom stereocenters. The number of nitrogens with one attached hydrogen (secondary N) is 1. The van der Waals surface area contributed by atoms with E-state index in [1.54, 1.807) is 22.8 Å². The fraction of sp³-hybridized carbons (Fsp3) is 0.0870. The van der Waals surface area contributed by atoms with Crippen LogP contribution in [0.3, 0.4) is 0 Å². The number of aromatic nitrogens is 1. The van der Waals surface area contributed by atoms with Crippen LogP contribution in [0.1, 0.15) is 11.1 Å². The van der Waals surface area contributed by atoms with E-state index in [1.807, 2.05) is 49.4 Å². The zero-order chi connectivity index (χ0) is 22.0. The SMILES string of the molecule is Cc1cccc(NC(=S)N=Nc2c(O)n(Cc3ccccc3F)c3ccc(Br)cc23)c1. The van der Waals surface area contributed by atoms with E-state index in [4.69, 9.17) is 12.2 Å². The van der Waals surface area contributed by atoms with Crippen molar-refractivity contribution in [2.45, 2.75) is 13.5 Å². The van der Waals surface area contributed by atoms with Gasteiger partial charge in [0.2, 0.25) is 11.0 Å². The predicted octanol–water partition coefficient (Wildman–Crippen LogP) is 7.09. The molecule has 3 aromatic carbocycles. The first-order valence-electron chi connectivity index (χ1n) is 9.46. The molecule has 0 unspecified atom stereocenters. The van der Waals surface area contributed by atoms with E-state index in [9.17, 15) is 9.50 Å². The lowest BCUT2D eigenvalue weighted by atomic mass is 10.2. The molecule has 0 bridgehead atoms. The molecule has 0 aliphatic carbocycles. The minimum Gasteiger partial charge on any atom is -0.493 e. The summed E-state index contributed by atoms with van der Waals surface area (Å²) >= 11 is 8.73. The Kier molecular flexibility index (Phi) is 6.11. The standard InChI is InChI=1S/C23H18BrFN4OS/c1-14-5-4-7-17(11-14)26-23(31)28-27-21-18-12-16(24)9-10-20(18)29(22(21)30)13-15-6-2-3-8-19(15)25/h2-12,30H,13H2,1H3,(H,26,31). The average molecular weight is 497 g/mol. The van der Waals surface area contributed by atoms with Crippen molar-refractivity contribution in [3.63, 3.8) is 0 Å². The van der Waals surface area contributed by atoms with Crippen LogP contribution >= 0.6 is 28.1 Å². The highest BCUT2D eigenvalue weighted by atomic mass is 79.9. The molecule has 0 saturated carbocycles. The Labute approximate surface area is 192 Å². The van der Waals surface area contributed by atoms with E-state index in [-0.39, 0.29) is 29.0 Å². The lowest BCUT2D eigenvalue weighted by molar-refractivity contribution is 0.428. The average Bonchev–Trinajstić information content (AvgIpc) is 2.98. The first-order valence-corrected chi connectivity index (χ1v) is 10.7. The van der Waals surface area contributed by atoms with Crippen LogP contribution in [-0.4, -0.2) is 14.8 Å². The van der Waals surface area contributed by atoms with Crippen molar-refractivity contribution >= 4 is 55.5 Å². The number of thiocarbonyl (C=S) groups is 1. The quantitative estimate of drug-likeness (QED) is 0.234. The van der Waals surface area contributed by atoms with Gasteiger partial charge in [0.15, 0.2) is 5.69 Å². The molecule has 156 valence electrons. The molecular formula is C23H18BrFN4OS. The molecule has 4 rings (SSSR count). The summed E-state index contributed by atoms with van der Waals surface area (Å²) < 4.78 is 16.6. The number of anilines is 1. The Hall–Kier alpha value is -3.10. The van der Waals surface area contributed by atoms with Gasteiger partial charge in [-0.15, -0.1) is 10.2 Å². The van der Waals surface area contributed by atoms with Crippen molar-refractivity contribution in [1.29, 1.82) is 0 Å². The Balaban J connectivity index is 1.69. The Morgan fingerprint density at radius 2 is 1.94 bits per heavy atom. The van der Waals surface area contributed by atoms with Gasteiger partial charge in [0.25, 0.3) is 0 Å². The van der Waals surface area contributed by atoms with E-state index in [0.29, 0.717) is 16.5 Å². The molecule has 5 nitrogen and oxygen atoms in total. The molecule has 8 heteroatoms. The van der Waals surface area contributed by atoms with Gasteiger partial charge in [-0.05, 0) is 61.1 Å². The van der Waals surface area contributed by atoms with Crippen molar-refractivity contribution in [2.75, 3.05) is 5.32 Å². The fourth-order valence-electron chi connectivity index (χ4n) is 3.32. The predicted molar refractivity (Wildman–Crippen MR) is 129 cm³/mol. The second-order valence-electron chi connectivity index (χ2n) is 7.01. The van der Waals surface area contributed by atoms with Crippen LogP contribution in [0.5, 0.6) is 5.88 Å². The summed E-state index contributed by atoms with van der Waals surface area (Å²) in [4.78, 5) is 0. The summed E-state index contributed by atoms with van der Waals surface area (Å²) in [5, 5.41) is 23.0. The first-order chi connectivity index (χ1) is 14.9. The van der Waals surface area contributed by atoms with Gasteiger partial charge < -0.3 is 15.0 Å². The van der Waals surface area contributed by atoms with Crippen LogP contribution in [0, 0.1) is 12.7 Å². The molecule has 4 aromatic rings. The number of hydrogen-bond acceptors (Lipinski definition) is 3. The van der Waals surface area contributed by atoms with Crippen molar-refractivity contribution in [3.05, 3.63) is 88.1 Å². The molecule has 31 heavy (non-hydrogen) atoms. The van der Waals surface area contributed by atoms with Crippen molar-refractivity contribution in [1.82, 2.24) is 4.57 Å². The van der Waals surface area contributed by atoms with Gasteiger partial charge >= 0.3 is 0 Å². The Bertz CT molecular complexity index is 1320. The topological polar surface area (TPSA) is 61.9 Å². The Morgan fingerprint density at radius 3 is 2.71 bits per heavy atom. The molecule has 0 aliphatic rings. The van der Waals surface area contributed by atoms with Crippen molar-refractivity contribution < 1.29 is 9.50 Å². The number of benzene rings is 3. The van der Waals surface area contributed by atoms with E-state index in [2.05, 4.69) is 31.5 Å².